The van der Waals surface area contributed by atoms with Crippen LogP contribution in [0.25, 0.3) is 0 Å². The molecule has 0 aromatic heterocycles. The van der Waals surface area contributed by atoms with Crippen LogP contribution in [0.3, 0.4) is 0 Å². The van der Waals surface area contributed by atoms with Crippen LogP contribution < -0.4 is 16.4 Å². The number of carbonyl (C=O) groups is 1. The zero-order chi connectivity index (χ0) is 11.1. The molecule has 1 aromatic rings. The van der Waals surface area contributed by atoms with E-state index in [0.29, 0.717) is 13.1 Å². The monoisotopic (exact) mass is 227 g/mol. The van der Waals surface area contributed by atoms with Gasteiger partial charge in [-0.05, 0) is 17.7 Å². The van der Waals surface area contributed by atoms with Crippen molar-refractivity contribution in [1.82, 2.24) is 10.6 Å². The summed E-state index contributed by atoms with van der Waals surface area (Å²) < 4.78 is 0. The average molecular weight is 228 g/mol. The van der Waals surface area contributed by atoms with Crippen molar-refractivity contribution >= 4 is 17.6 Å². The number of amides is 2. The van der Waals surface area contributed by atoms with Crippen molar-refractivity contribution in [3.05, 3.63) is 34.9 Å². The van der Waals surface area contributed by atoms with Gasteiger partial charge in [-0.15, -0.1) is 0 Å². The number of halogens is 1. The van der Waals surface area contributed by atoms with Gasteiger partial charge < -0.3 is 16.4 Å². The Kier molecular flexibility index (Phi) is 4.93. The Hall–Kier alpha value is -1.26. The van der Waals surface area contributed by atoms with Crippen molar-refractivity contribution in [2.75, 3.05) is 13.1 Å². The maximum absolute atomic E-state index is 10.3. The van der Waals surface area contributed by atoms with Crippen molar-refractivity contribution < 1.29 is 4.79 Å². The van der Waals surface area contributed by atoms with Crippen LogP contribution in [0.4, 0.5) is 4.79 Å². The molecule has 0 spiro atoms. The number of hydrogen-bond acceptors (Lipinski definition) is 2. The maximum Gasteiger partial charge on any atom is 0.312 e. The minimum atomic E-state index is -0.500. The highest BCUT2D eigenvalue weighted by Gasteiger charge is 1.94. The second-order valence-corrected chi connectivity index (χ2v) is 3.53. The van der Waals surface area contributed by atoms with Gasteiger partial charge in [0.25, 0.3) is 0 Å². The molecular formula is C10H14ClN3O. The zero-order valence-corrected chi connectivity index (χ0v) is 9.05. The molecule has 82 valence electrons. The SMILES string of the molecule is NC(=O)NCCNCc1cccc(Cl)c1. The molecule has 0 atom stereocenters. The summed E-state index contributed by atoms with van der Waals surface area (Å²) in [5.74, 6) is 0. The lowest BCUT2D eigenvalue weighted by molar-refractivity contribution is 0.249. The summed E-state index contributed by atoms with van der Waals surface area (Å²) in [6.07, 6.45) is 0. The van der Waals surface area contributed by atoms with Crippen LogP contribution in [0.1, 0.15) is 5.56 Å². The molecule has 0 aliphatic carbocycles. The quantitative estimate of drug-likeness (QED) is 0.660. The Bertz CT molecular complexity index is 330. The number of hydrogen-bond donors (Lipinski definition) is 3. The largest absolute Gasteiger partial charge is 0.352 e. The van der Waals surface area contributed by atoms with Crippen LogP contribution in [-0.4, -0.2) is 19.1 Å². The first-order valence-electron chi connectivity index (χ1n) is 4.67. The molecular weight excluding hydrogens is 214 g/mol. The number of nitrogens with two attached hydrogens (primary N) is 1. The highest BCUT2D eigenvalue weighted by Crippen LogP contribution is 2.09. The normalized spacial score (nSPS) is 9.93. The fourth-order valence-electron chi connectivity index (χ4n) is 1.15. The minimum Gasteiger partial charge on any atom is -0.352 e. The van der Waals surface area contributed by atoms with E-state index in [1.165, 1.54) is 0 Å². The number of urea groups is 1. The summed E-state index contributed by atoms with van der Waals surface area (Å²) in [7, 11) is 0. The summed E-state index contributed by atoms with van der Waals surface area (Å²) >= 11 is 5.83. The number of primary amides is 1. The lowest BCUT2D eigenvalue weighted by atomic mass is 10.2. The van der Waals surface area contributed by atoms with E-state index in [0.717, 1.165) is 17.1 Å². The summed E-state index contributed by atoms with van der Waals surface area (Å²) in [6, 6.07) is 7.12. The summed E-state index contributed by atoms with van der Waals surface area (Å²) in [6.45, 7) is 1.92. The van der Waals surface area contributed by atoms with E-state index in [-0.39, 0.29) is 0 Å². The van der Waals surface area contributed by atoms with E-state index in [1.54, 1.807) is 0 Å². The Morgan fingerprint density at radius 1 is 1.40 bits per heavy atom. The predicted octanol–water partition coefficient (Wildman–Crippen LogP) is 1.10. The molecule has 0 saturated heterocycles. The molecule has 5 heteroatoms. The van der Waals surface area contributed by atoms with Gasteiger partial charge in [-0.2, -0.15) is 0 Å². The lowest BCUT2D eigenvalue weighted by Crippen LogP contribution is -2.35. The molecule has 0 aliphatic rings. The van der Waals surface area contributed by atoms with Crippen LogP contribution in [0.15, 0.2) is 24.3 Å². The Balaban J connectivity index is 2.17. The fraction of sp³-hybridized carbons (Fsp3) is 0.300. The first-order chi connectivity index (χ1) is 7.18. The third-order valence-corrected chi connectivity index (χ3v) is 2.05. The smallest absolute Gasteiger partial charge is 0.312 e. The fourth-order valence-corrected chi connectivity index (χ4v) is 1.37. The van der Waals surface area contributed by atoms with E-state index < -0.39 is 6.03 Å². The molecule has 0 saturated carbocycles. The molecule has 4 N–H and O–H groups in total. The standard InChI is InChI=1S/C10H14ClN3O/c11-9-3-1-2-8(6-9)7-13-4-5-14-10(12)15/h1-3,6,13H,4-5,7H2,(H3,12,14,15). The molecule has 0 unspecified atom stereocenters. The van der Waals surface area contributed by atoms with E-state index in [1.807, 2.05) is 24.3 Å². The van der Waals surface area contributed by atoms with Gasteiger partial charge in [0, 0.05) is 24.7 Å². The average Bonchev–Trinajstić information content (AvgIpc) is 2.17. The molecule has 1 aromatic carbocycles. The van der Waals surface area contributed by atoms with Crippen molar-refractivity contribution in [2.45, 2.75) is 6.54 Å². The Morgan fingerprint density at radius 2 is 2.20 bits per heavy atom. The van der Waals surface area contributed by atoms with Gasteiger partial charge in [0.15, 0.2) is 0 Å². The molecule has 0 heterocycles. The van der Waals surface area contributed by atoms with Crippen molar-refractivity contribution in [3.8, 4) is 0 Å². The van der Waals surface area contributed by atoms with Crippen LogP contribution >= 0.6 is 11.6 Å². The molecule has 0 aliphatic heterocycles. The third-order valence-electron chi connectivity index (χ3n) is 1.82. The minimum absolute atomic E-state index is 0.500. The van der Waals surface area contributed by atoms with E-state index in [4.69, 9.17) is 17.3 Å². The first kappa shape index (κ1) is 11.8. The number of nitrogens with one attached hydrogen (secondary N) is 2. The second-order valence-electron chi connectivity index (χ2n) is 3.10. The van der Waals surface area contributed by atoms with Crippen molar-refractivity contribution in [1.29, 1.82) is 0 Å². The molecule has 15 heavy (non-hydrogen) atoms. The third kappa shape index (κ3) is 5.24. The summed E-state index contributed by atoms with van der Waals surface area (Å²) in [5, 5.41) is 6.38. The molecule has 4 nitrogen and oxygen atoms in total. The van der Waals surface area contributed by atoms with Gasteiger partial charge in [-0.1, -0.05) is 23.7 Å². The predicted molar refractivity (Wildman–Crippen MR) is 60.7 cm³/mol. The Morgan fingerprint density at radius 3 is 2.87 bits per heavy atom. The highest BCUT2D eigenvalue weighted by molar-refractivity contribution is 6.30. The first-order valence-corrected chi connectivity index (χ1v) is 5.05. The highest BCUT2D eigenvalue weighted by atomic mass is 35.5. The lowest BCUT2D eigenvalue weighted by Gasteiger charge is -2.05. The molecule has 2 amide bonds. The summed E-state index contributed by atoms with van der Waals surface area (Å²) in [4.78, 5) is 10.3. The topological polar surface area (TPSA) is 67.2 Å². The second kappa shape index (κ2) is 6.27. The van der Waals surface area contributed by atoms with Crippen LogP contribution in [0.5, 0.6) is 0 Å². The summed E-state index contributed by atoms with van der Waals surface area (Å²) in [5.41, 5.74) is 6.02. The Labute approximate surface area is 93.8 Å². The van der Waals surface area contributed by atoms with Gasteiger partial charge in [-0.3, -0.25) is 0 Å². The van der Waals surface area contributed by atoms with Crippen molar-refractivity contribution in [3.63, 3.8) is 0 Å². The number of carbonyl (C=O) groups excluding carboxylic acids is 1. The number of rotatable bonds is 5. The number of benzene rings is 1. The molecule has 0 radical (unpaired) electrons. The molecule has 0 bridgehead atoms. The molecule has 1 rings (SSSR count). The van der Waals surface area contributed by atoms with Gasteiger partial charge in [0.05, 0.1) is 0 Å². The maximum atomic E-state index is 10.3. The molecule has 0 fully saturated rings. The van der Waals surface area contributed by atoms with E-state index in [2.05, 4.69) is 10.6 Å². The van der Waals surface area contributed by atoms with E-state index >= 15 is 0 Å². The van der Waals surface area contributed by atoms with Gasteiger partial charge >= 0.3 is 6.03 Å². The van der Waals surface area contributed by atoms with Gasteiger partial charge in [-0.25, -0.2) is 4.79 Å². The van der Waals surface area contributed by atoms with E-state index in [9.17, 15) is 4.79 Å². The van der Waals surface area contributed by atoms with Crippen LogP contribution in [-0.2, 0) is 6.54 Å². The zero-order valence-electron chi connectivity index (χ0n) is 8.29. The van der Waals surface area contributed by atoms with Gasteiger partial charge in [0.1, 0.15) is 0 Å². The van der Waals surface area contributed by atoms with Crippen LogP contribution in [0.2, 0.25) is 5.02 Å². The van der Waals surface area contributed by atoms with Gasteiger partial charge in [0.2, 0.25) is 0 Å². The van der Waals surface area contributed by atoms with Crippen molar-refractivity contribution in [2.24, 2.45) is 5.73 Å². The van der Waals surface area contributed by atoms with Crippen LogP contribution in [0, 0.1) is 0 Å².